The average Bonchev–Trinajstić information content (AvgIpc) is 3.02. The lowest BCUT2D eigenvalue weighted by Gasteiger charge is -2.24. The third-order valence-electron chi connectivity index (χ3n) is 5.10. The van der Waals surface area contributed by atoms with Crippen molar-refractivity contribution in [3.63, 3.8) is 0 Å². The van der Waals surface area contributed by atoms with E-state index in [1.165, 1.54) is 11.3 Å². The number of nitrogens with one attached hydrogen (secondary N) is 2. The Kier molecular flexibility index (Phi) is 3.88. The molecule has 2 aromatic rings. The predicted molar refractivity (Wildman–Crippen MR) is 89.9 cm³/mol. The largest absolute Gasteiger partial charge is 0.344 e. The normalized spacial score (nSPS) is 20.2. The van der Waals surface area contributed by atoms with Crippen LogP contribution in [0, 0.1) is 6.92 Å². The van der Waals surface area contributed by atoms with Crippen molar-refractivity contribution < 1.29 is 4.79 Å². The third-order valence-corrected chi connectivity index (χ3v) is 5.10. The Balaban J connectivity index is 1.55. The molecule has 0 saturated heterocycles. The molecule has 1 amide bonds. The second-order valence-corrected chi connectivity index (χ2v) is 6.72. The number of hydrogen-bond acceptors (Lipinski definition) is 4. The number of aryl methyl sites for hydroxylation is 2. The molecular formula is C17H24N6O. The fraction of sp³-hybridized carbons (Fsp3) is 0.588. The molecule has 1 unspecified atom stereocenters. The van der Waals surface area contributed by atoms with Crippen molar-refractivity contribution in [1.29, 1.82) is 0 Å². The quantitative estimate of drug-likeness (QED) is 0.858. The van der Waals surface area contributed by atoms with Gasteiger partial charge >= 0.3 is 0 Å². The summed E-state index contributed by atoms with van der Waals surface area (Å²) in [4.78, 5) is 17.3. The molecule has 3 heterocycles. The minimum atomic E-state index is -0.0790. The number of aromatic nitrogens is 4. The highest BCUT2D eigenvalue weighted by Gasteiger charge is 2.28. The maximum absolute atomic E-state index is 12.7. The summed E-state index contributed by atoms with van der Waals surface area (Å²) < 4.78 is 4.05. The van der Waals surface area contributed by atoms with Crippen LogP contribution in [0.2, 0.25) is 0 Å². The molecule has 24 heavy (non-hydrogen) atoms. The third kappa shape index (κ3) is 2.62. The summed E-state index contributed by atoms with van der Waals surface area (Å²) in [5, 5.41) is 11.1. The van der Waals surface area contributed by atoms with E-state index >= 15 is 0 Å². The van der Waals surface area contributed by atoms with E-state index in [0.29, 0.717) is 5.69 Å². The number of amides is 1. The molecule has 1 aliphatic heterocycles. The first kappa shape index (κ1) is 15.4. The molecule has 7 heteroatoms. The van der Waals surface area contributed by atoms with Crippen LogP contribution in [0.4, 0.5) is 0 Å². The lowest BCUT2D eigenvalue weighted by atomic mass is 9.91. The second kappa shape index (κ2) is 6.05. The maximum atomic E-state index is 12.7. The van der Waals surface area contributed by atoms with Gasteiger partial charge in [-0.05, 0) is 26.2 Å². The Morgan fingerprint density at radius 3 is 3.12 bits per heavy atom. The molecule has 1 aliphatic carbocycles. The summed E-state index contributed by atoms with van der Waals surface area (Å²) in [5.41, 5.74) is 3.99. The molecule has 0 saturated carbocycles. The summed E-state index contributed by atoms with van der Waals surface area (Å²) in [6, 6.07) is 0.0399. The highest BCUT2D eigenvalue weighted by atomic mass is 16.2. The molecule has 0 bridgehead atoms. The number of carbonyl (C=O) groups excluding carboxylic acids is 1. The lowest BCUT2D eigenvalue weighted by Crippen LogP contribution is -2.31. The lowest BCUT2D eigenvalue weighted by molar-refractivity contribution is 0.0927. The summed E-state index contributed by atoms with van der Waals surface area (Å²) >= 11 is 0. The summed E-state index contributed by atoms with van der Waals surface area (Å²) in [6.45, 7) is 4.73. The molecular weight excluding hydrogens is 304 g/mol. The van der Waals surface area contributed by atoms with Gasteiger partial charge in [-0.3, -0.25) is 9.48 Å². The molecule has 1 atom stereocenters. The van der Waals surface area contributed by atoms with Crippen molar-refractivity contribution in [2.45, 2.75) is 45.2 Å². The zero-order valence-corrected chi connectivity index (χ0v) is 14.3. The van der Waals surface area contributed by atoms with E-state index in [2.05, 4.69) is 25.3 Å². The van der Waals surface area contributed by atoms with Gasteiger partial charge in [-0.25, -0.2) is 4.98 Å². The molecule has 7 nitrogen and oxygen atoms in total. The average molecular weight is 328 g/mol. The summed E-state index contributed by atoms with van der Waals surface area (Å²) in [6.07, 6.45) is 5.82. The second-order valence-electron chi connectivity index (χ2n) is 6.72. The van der Waals surface area contributed by atoms with Gasteiger partial charge < -0.3 is 15.2 Å². The van der Waals surface area contributed by atoms with E-state index in [4.69, 9.17) is 0 Å². The minimum absolute atomic E-state index is 0.0399. The molecule has 0 aromatic carbocycles. The first-order valence-electron chi connectivity index (χ1n) is 8.73. The monoisotopic (exact) mass is 328 g/mol. The molecule has 2 N–H and O–H groups in total. The molecule has 2 aromatic heterocycles. The topological polar surface area (TPSA) is 76.8 Å². The van der Waals surface area contributed by atoms with Crippen LogP contribution in [0.15, 0.2) is 6.20 Å². The fourth-order valence-corrected chi connectivity index (χ4v) is 3.95. The van der Waals surface area contributed by atoms with Crippen molar-refractivity contribution in [2.75, 3.05) is 13.1 Å². The van der Waals surface area contributed by atoms with Crippen molar-refractivity contribution >= 4 is 5.91 Å². The number of imidazole rings is 1. The van der Waals surface area contributed by atoms with E-state index in [0.717, 1.165) is 56.8 Å². The van der Waals surface area contributed by atoms with Gasteiger partial charge in [-0.15, -0.1) is 0 Å². The molecule has 0 fully saturated rings. The molecule has 2 aliphatic rings. The van der Waals surface area contributed by atoms with E-state index in [9.17, 15) is 4.79 Å². The Morgan fingerprint density at radius 2 is 2.25 bits per heavy atom. The van der Waals surface area contributed by atoms with Crippen LogP contribution in [0.3, 0.4) is 0 Å². The van der Waals surface area contributed by atoms with E-state index in [1.54, 1.807) is 0 Å². The Bertz CT molecular complexity index is 751. The van der Waals surface area contributed by atoms with E-state index in [1.807, 2.05) is 24.9 Å². The minimum Gasteiger partial charge on any atom is -0.344 e. The first-order chi connectivity index (χ1) is 11.6. The SMILES string of the molecule is Cc1nn(C)c2c1C(NC(=O)c1cn3c(n1)CCNCC3)CCC2. The van der Waals surface area contributed by atoms with Crippen molar-refractivity contribution in [3.8, 4) is 0 Å². The Morgan fingerprint density at radius 1 is 1.38 bits per heavy atom. The highest BCUT2D eigenvalue weighted by Crippen LogP contribution is 2.32. The smallest absolute Gasteiger partial charge is 0.271 e. The van der Waals surface area contributed by atoms with Crippen molar-refractivity contribution in [2.24, 2.45) is 7.05 Å². The van der Waals surface area contributed by atoms with Crippen LogP contribution in [0.5, 0.6) is 0 Å². The standard InChI is InChI=1S/C17H24N6O/c1-11-16-12(4-3-5-14(16)22(2)21-11)20-17(24)13-10-23-9-8-18-7-6-15(23)19-13/h10,12,18H,3-9H2,1-2H3,(H,20,24). The van der Waals surface area contributed by atoms with Crippen LogP contribution < -0.4 is 10.6 Å². The Labute approximate surface area is 141 Å². The molecule has 0 spiro atoms. The number of rotatable bonds is 2. The molecule has 0 radical (unpaired) electrons. The number of fused-ring (bicyclic) bond motifs is 2. The Hall–Kier alpha value is -2.15. The van der Waals surface area contributed by atoms with Crippen LogP contribution in [-0.2, 0) is 26.4 Å². The van der Waals surface area contributed by atoms with Gasteiger partial charge in [0.15, 0.2) is 0 Å². The predicted octanol–water partition coefficient (Wildman–Crippen LogP) is 0.878. The highest BCUT2D eigenvalue weighted by molar-refractivity contribution is 5.92. The first-order valence-corrected chi connectivity index (χ1v) is 8.73. The van der Waals surface area contributed by atoms with E-state index < -0.39 is 0 Å². The zero-order valence-electron chi connectivity index (χ0n) is 14.3. The number of carbonyl (C=O) groups is 1. The van der Waals surface area contributed by atoms with E-state index in [-0.39, 0.29) is 11.9 Å². The van der Waals surface area contributed by atoms with Crippen molar-refractivity contribution in [1.82, 2.24) is 30.0 Å². The van der Waals surface area contributed by atoms with Gasteiger partial charge in [0.05, 0.1) is 11.7 Å². The molecule has 128 valence electrons. The summed E-state index contributed by atoms with van der Waals surface area (Å²) in [5.74, 6) is 0.914. The van der Waals surface area contributed by atoms with Crippen LogP contribution >= 0.6 is 0 Å². The van der Waals surface area contributed by atoms with Gasteiger partial charge in [0.1, 0.15) is 11.5 Å². The number of nitrogens with zero attached hydrogens (tertiary/aromatic N) is 4. The van der Waals surface area contributed by atoms with Gasteiger partial charge in [0, 0.05) is 50.6 Å². The van der Waals surface area contributed by atoms with Crippen LogP contribution in [0.1, 0.15) is 52.1 Å². The van der Waals surface area contributed by atoms with Crippen LogP contribution in [0.25, 0.3) is 0 Å². The van der Waals surface area contributed by atoms with Gasteiger partial charge in [-0.1, -0.05) is 0 Å². The van der Waals surface area contributed by atoms with Gasteiger partial charge in [-0.2, -0.15) is 5.10 Å². The maximum Gasteiger partial charge on any atom is 0.271 e. The van der Waals surface area contributed by atoms with Crippen molar-refractivity contribution in [3.05, 3.63) is 34.7 Å². The van der Waals surface area contributed by atoms with Gasteiger partial charge in [0.25, 0.3) is 5.91 Å². The number of hydrogen-bond donors (Lipinski definition) is 2. The zero-order chi connectivity index (χ0) is 16.7. The fourth-order valence-electron chi connectivity index (χ4n) is 3.95. The molecule has 4 rings (SSSR count). The van der Waals surface area contributed by atoms with Crippen LogP contribution in [-0.4, -0.2) is 38.3 Å². The van der Waals surface area contributed by atoms with Gasteiger partial charge in [0.2, 0.25) is 0 Å². The summed E-state index contributed by atoms with van der Waals surface area (Å²) in [7, 11) is 1.98.